The van der Waals surface area contributed by atoms with Gasteiger partial charge in [0.05, 0.1) is 22.4 Å². The third kappa shape index (κ3) is 14.4. The summed E-state index contributed by atoms with van der Waals surface area (Å²) in [6, 6.07) is 107. The van der Waals surface area contributed by atoms with E-state index in [4.69, 9.17) is 18.6 Å². The number of rotatable bonds is 5. The van der Waals surface area contributed by atoms with Gasteiger partial charge in [0.15, 0.2) is 0 Å². The van der Waals surface area contributed by atoms with E-state index in [-0.39, 0.29) is 52.9 Å². The number of fused-ring (bicyclic) bond motifs is 12. The van der Waals surface area contributed by atoms with E-state index in [0.29, 0.717) is 0 Å². The first-order valence-electron chi connectivity index (χ1n) is 37.6. The molecule has 9 heteroatoms. The molecule has 19 rings (SSSR count). The van der Waals surface area contributed by atoms with Gasteiger partial charge in [-0.3, -0.25) is 0 Å². The molecule has 2 fully saturated rings. The van der Waals surface area contributed by atoms with Crippen molar-refractivity contribution in [1.29, 1.82) is 0 Å². The van der Waals surface area contributed by atoms with Crippen molar-refractivity contribution in [1.82, 2.24) is 0 Å². The van der Waals surface area contributed by atoms with Gasteiger partial charge in [0.1, 0.15) is 0 Å². The summed E-state index contributed by atoms with van der Waals surface area (Å²) in [4.78, 5) is 0. The lowest BCUT2D eigenvalue weighted by Gasteiger charge is -2.32. The molecule has 108 heavy (non-hydrogen) atoms. The molecular weight excluding hydrogens is 1560 g/mol. The summed E-state index contributed by atoms with van der Waals surface area (Å²) in [5.74, 6) is 0. The molecule has 0 radical (unpaired) electrons. The van der Waals surface area contributed by atoms with Crippen LogP contribution in [0, 0.1) is 3.57 Å². The number of halogens is 3. The van der Waals surface area contributed by atoms with Gasteiger partial charge >= 0.3 is 14.2 Å². The third-order valence-corrected chi connectivity index (χ3v) is 25.5. The quantitative estimate of drug-likeness (QED) is 0.127. The van der Waals surface area contributed by atoms with E-state index in [1.807, 2.05) is 30.3 Å². The fourth-order valence-electron chi connectivity index (χ4n) is 16.0. The Labute approximate surface area is 670 Å². The van der Waals surface area contributed by atoms with Crippen molar-refractivity contribution >= 4 is 112 Å². The van der Waals surface area contributed by atoms with Gasteiger partial charge in [-0.1, -0.05) is 304 Å². The lowest BCUT2D eigenvalue weighted by atomic mass is 9.78. The van der Waals surface area contributed by atoms with Crippen LogP contribution in [0.25, 0.3) is 99.1 Å². The van der Waals surface area contributed by atoms with E-state index >= 15 is 0 Å². The Morgan fingerprint density at radius 1 is 0.231 bits per heavy atom. The molecule has 14 aromatic rings. The second-order valence-corrected chi connectivity index (χ2v) is 36.0. The summed E-state index contributed by atoms with van der Waals surface area (Å²) < 4.78 is 27.6. The highest BCUT2D eigenvalue weighted by Crippen LogP contribution is 2.54. The SMILES string of the molecule is CC1(C)OB(c2ccc3ccccc3c2)OC1(C)C.CC1(C)OB(c2ccccc2)OC1(C)C.CC1(C)c2cc(-c3ccccc3)ccc2-c2ccc(-c3ccc4ccccc4c3)cc21.CC1(C)c2cc(Br)ccc2-c2ccc(-c3ccc4ccccc4c3)cc21.CC1(C)c2cc(Br)ccc2-c2ccc(I)cc21. The molecule has 0 aromatic heterocycles. The summed E-state index contributed by atoms with van der Waals surface area (Å²) >= 11 is 9.60. The van der Waals surface area contributed by atoms with Crippen LogP contribution in [0.2, 0.25) is 0 Å². The van der Waals surface area contributed by atoms with Crippen LogP contribution in [-0.4, -0.2) is 36.6 Å². The minimum Gasteiger partial charge on any atom is -0.399 e. The van der Waals surface area contributed by atoms with Crippen LogP contribution in [-0.2, 0) is 34.9 Å². The highest BCUT2D eigenvalue weighted by Gasteiger charge is 2.53. The Hall–Kier alpha value is -8.48. The second-order valence-electron chi connectivity index (χ2n) is 32.9. The van der Waals surface area contributed by atoms with Gasteiger partial charge in [-0.05, 0) is 288 Å². The van der Waals surface area contributed by atoms with Crippen LogP contribution in [0.1, 0.15) is 130 Å². The van der Waals surface area contributed by atoms with Crippen LogP contribution >= 0.6 is 54.5 Å². The molecule has 0 bridgehead atoms. The van der Waals surface area contributed by atoms with E-state index in [9.17, 15) is 0 Å². The second kappa shape index (κ2) is 29.1. The molecule has 3 aliphatic carbocycles. The van der Waals surface area contributed by atoms with Crippen molar-refractivity contribution < 1.29 is 18.6 Å². The van der Waals surface area contributed by atoms with Crippen LogP contribution < -0.4 is 10.9 Å². The molecule has 4 nitrogen and oxygen atoms in total. The first-order chi connectivity index (χ1) is 51.5. The van der Waals surface area contributed by atoms with E-state index < -0.39 is 0 Å². The van der Waals surface area contributed by atoms with E-state index in [1.165, 1.54) is 136 Å². The maximum Gasteiger partial charge on any atom is 0.494 e. The molecule has 2 heterocycles. The fourth-order valence-corrected chi connectivity index (χ4v) is 17.2. The van der Waals surface area contributed by atoms with Crippen molar-refractivity contribution in [3.63, 3.8) is 0 Å². The zero-order chi connectivity index (χ0) is 75.9. The smallest absolute Gasteiger partial charge is 0.399 e. The van der Waals surface area contributed by atoms with Gasteiger partial charge in [-0.25, -0.2) is 0 Å². The third-order valence-electron chi connectivity index (χ3n) is 23.8. The van der Waals surface area contributed by atoms with Gasteiger partial charge in [0.2, 0.25) is 0 Å². The largest absolute Gasteiger partial charge is 0.494 e. The van der Waals surface area contributed by atoms with Crippen molar-refractivity contribution in [2.75, 3.05) is 0 Å². The Morgan fingerprint density at radius 3 is 0.907 bits per heavy atom. The first kappa shape index (κ1) is 75.0. The van der Waals surface area contributed by atoms with Crippen molar-refractivity contribution in [2.24, 2.45) is 0 Å². The lowest BCUT2D eigenvalue weighted by molar-refractivity contribution is 0.00578. The maximum atomic E-state index is 6.08. The van der Waals surface area contributed by atoms with Crippen molar-refractivity contribution in [3.05, 3.63) is 343 Å². The normalized spacial score (nSPS) is 16.7. The number of benzene rings is 14. The zero-order valence-electron chi connectivity index (χ0n) is 64.2. The Bertz CT molecular complexity index is 5680. The Morgan fingerprint density at radius 2 is 0.509 bits per heavy atom. The lowest BCUT2D eigenvalue weighted by Crippen LogP contribution is -2.41. The summed E-state index contributed by atoms with van der Waals surface area (Å²) in [5.41, 5.74) is 25.6. The summed E-state index contributed by atoms with van der Waals surface area (Å²) in [6.07, 6.45) is 0. The first-order valence-corrected chi connectivity index (χ1v) is 40.3. The Kier molecular flexibility index (Phi) is 20.2. The van der Waals surface area contributed by atoms with Gasteiger partial charge in [0.25, 0.3) is 0 Å². The standard InChI is InChI=1S/C31H24.C25H19Br.C16H19BO2.C15H12BrI.C12H17BO2/c1-31(2)29-19-25(21-8-4-3-5-9-21)14-16-27(29)28-17-15-26(20-30(28)31)24-13-12-22-10-6-7-11-23(22)18-24;1-25(2)23-14-19(18-8-7-16-5-3-4-6-17(16)13-18)9-11-21(23)22-12-10-20(26)15-24(22)25;1-15(2)16(3,4)19-17(18-15)14-10-9-12-7-5-6-8-13(12)11-14;1-15(2)13-7-9(16)3-5-11(13)12-6-4-10(17)8-14(12)15;1-11(2)12(3,4)15-13(14-11)10-8-6-5-7-9-10/h3-20H,1-2H3;3-15H,1-2H3;5-11H,1-4H3;3-8H,1-2H3;5-9H,1-4H3. The van der Waals surface area contributed by atoms with Gasteiger partial charge in [0, 0.05) is 28.8 Å². The molecule has 0 atom stereocenters. The van der Waals surface area contributed by atoms with Crippen LogP contribution in [0.15, 0.2) is 306 Å². The molecule has 538 valence electrons. The monoisotopic (exact) mass is 1650 g/mol. The number of hydrogen-bond donors (Lipinski definition) is 0. The van der Waals surface area contributed by atoms with E-state index in [1.54, 1.807) is 0 Å². The number of hydrogen-bond acceptors (Lipinski definition) is 4. The molecule has 14 aromatic carbocycles. The average Bonchev–Trinajstić information content (AvgIpc) is 1.58. The molecule has 2 saturated heterocycles. The minimum atomic E-state index is -0.288. The molecule has 0 spiro atoms. The Balaban J connectivity index is 0.000000111. The molecule has 5 aliphatic rings. The van der Waals surface area contributed by atoms with E-state index in [2.05, 4.69) is 418 Å². The predicted octanol–water partition coefficient (Wildman–Crippen LogP) is 26.5. The minimum absolute atomic E-state index is 0.0152. The molecule has 0 N–H and O–H groups in total. The van der Waals surface area contributed by atoms with Gasteiger partial charge in [-0.15, -0.1) is 0 Å². The maximum absolute atomic E-state index is 6.08. The van der Waals surface area contributed by atoms with Gasteiger partial charge < -0.3 is 18.6 Å². The zero-order valence-corrected chi connectivity index (χ0v) is 69.5. The molecule has 0 unspecified atom stereocenters. The molecule has 0 saturated carbocycles. The topological polar surface area (TPSA) is 36.9 Å². The predicted molar refractivity (Wildman–Crippen MR) is 473 cm³/mol. The van der Waals surface area contributed by atoms with Crippen LogP contribution in [0.3, 0.4) is 0 Å². The van der Waals surface area contributed by atoms with Crippen molar-refractivity contribution in [3.8, 4) is 66.8 Å². The highest BCUT2D eigenvalue weighted by atomic mass is 127. The van der Waals surface area contributed by atoms with Crippen LogP contribution in [0.4, 0.5) is 0 Å². The molecule has 0 amide bonds. The van der Waals surface area contributed by atoms with E-state index in [0.717, 1.165) is 19.9 Å². The molecule has 2 aliphatic heterocycles. The summed E-state index contributed by atoms with van der Waals surface area (Å²) in [6.45, 7) is 30.6. The van der Waals surface area contributed by atoms with Gasteiger partial charge in [-0.2, -0.15) is 0 Å². The molecular formula is C99H91B2Br2IO4. The average molecular weight is 1650 g/mol. The van der Waals surface area contributed by atoms with Crippen molar-refractivity contribution in [2.45, 2.75) is 136 Å². The van der Waals surface area contributed by atoms with Crippen LogP contribution in [0.5, 0.6) is 0 Å². The highest BCUT2D eigenvalue weighted by molar-refractivity contribution is 14.1. The fraction of sp³-hybridized carbons (Fsp3) is 0.212. The summed E-state index contributed by atoms with van der Waals surface area (Å²) in [7, 11) is -0.522. The summed E-state index contributed by atoms with van der Waals surface area (Å²) in [5, 5.41) is 7.61.